The number of nitrogen functional groups attached to an aromatic ring is 1. The number of aromatic nitrogens is 4. The molecule has 3 heterocycles. The number of nitrogens with zero attached hydrogens (tertiary/aromatic N) is 4. The Labute approximate surface area is 373 Å². The van der Waals surface area contributed by atoms with Crippen LogP contribution < -0.4 is 15.3 Å². The van der Waals surface area contributed by atoms with Crippen molar-refractivity contribution < 1.29 is 37.4 Å². The number of nitrogens with two attached hydrogens (primary N) is 1. The van der Waals surface area contributed by atoms with Crippen LogP contribution in [0, 0.1) is 18.4 Å². The Kier molecular flexibility index (Phi) is 20.8. The maximum Gasteiger partial charge on any atom is 0.459 e. The summed E-state index contributed by atoms with van der Waals surface area (Å²) < 4.78 is 54.2. The fourth-order valence-electron chi connectivity index (χ4n) is 7.91. The van der Waals surface area contributed by atoms with Crippen molar-refractivity contribution in [3.8, 4) is 18.1 Å². The van der Waals surface area contributed by atoms with Gasteiger partial charge in [0.25, 0.3) is 0 Å². The summed E-state index contributed by atoms with van der Waals surface area (Å²) >= 11 is 0. The van der Waals surface area contributed by atoms with Gasteiger partial charge in [-0.25, -0.2) is 9.55 Å². The number of rotatable bonds is 31. The quantitative estimate of drug-likeness (QED) is 0.0144. The van der Waals surface area contributed by atoms with E-state index in [4.69, 9.17) is 30.7 Å². The molecule has 0 radical (unpaired) electrons. The van der Waals surface area contributed by atoms with Gasteiger partial charge in [-0.05, 0) is 30.5 Å². The van der Waals surface area contributed by atoms with Gasteiger partial charge in [-0.15, -0.1) is 6.42 Å². The number of benzene rings is 2. The van der Waals surface area contributed by atoms with E-state index in [0.717, 1.165) is 24.8 Å². The lowest BCUT2D eigenvalue weighted by atomic mass is 9.99. The molecule has 1 aliphatic heterocycles. The van der Waals surface area contributed by atoms with Crippen LogP contribution in [0.3, 0.4) is 0 Å². The van der Waals surface area contributed by atoms with Gasteiger partial charge in [0.1, 0.15) is 30.7 Å². The highest BCUT2D eigenvalue weighted by Crippen LogP contribution is 2.48. The number of unbranched alkanes of at least 4 members (excludes halogenated alkanes) is 18. The lowest BCUT2D eigenvalue weighted by Gasteiger charge is -2.30. The second kappa shape index (κ2) is 26.4. The number of imidazole rings is 1. The third kappa shape index (κ3) is 16.0. The monoisotopic (exact) mass is 890 g/mol. The number of hydrogen-bond donors (Lipinski definition) is 3. The first kappa shape index (κ1) is 49.6. The average Bonchev–Trinajstić information content (AvgIpc) is 3.86. The van der Waals surface area contributed by atoms with Gasteiger partial charge in [-0.2, -0.15) is 19.4 Å². The summed E-state index contributed by atoms with van der Waals surface area (Å²) in [5, 5.41) is 14.1. The number of nitrogens with one attached hydrogen (secondary N) is 1. The Bertz CT molecular complexity index is 2040. The summed E-state index contributed by atoms with van der Waals surface area (Å²) in [5.74, 6) is 1.87. The summed E-state index contributed by atoms with van der Waals surface area (Å²) in [4.78, 5) is 25.2. The number of hydrogen-bond acceptors (Lipinski definition) is 11. The third-order valence-corrected chi connectivity index (χ3v) is 13.1. The average molecular weight is 891 g/mol. The van der Waals surface area contributed by atoms with Crippen molar-refractivity contribution in [1.29, 1.82) is 0 Å². The van der Waals surface area contributed by atoms with E-state index >= 15 is 0 Å². The number of halogens is 1. The minimum atomic E-state index is -4.48. The highest BCUT2D eigenvalue weighted by Gasteiger charge is 2.50. The summed E-state index contributed by atoms with van der Waals surface area (Å²) in [5.41, 5.74) is 4.95. The highest BCUT2D eigenvalue weighted by atomic mass is 31.2. The molecule has 5 atom stereocenters. The summed E-state index contributed by atoms with van der Waals surface area (Å²) in [6.45, 7) is 1.85. The molecule has 1 fully saturated rings. The number of aliphatic hydroxyl groups excluding tert-OH is 1. The number of carbonyl (C=O) groups is 1. The maximum atomic E-state index is 14.8. The first-order valence-corrected chi connectivity index (χ1v) is 24.7. The van der Waals surface area contributed by atoms with Gasteiger partial charge in [0.2, 0.25) is 0 Å². The number of carbonyl (C=O) groups excluding carboxylic acids is 1. The Balaban J connectivity index is 1.10. The molecule has 4 N–H and O–H groups in total. The molecule has 63 heavy (non-hydrogen) atoms. The Morgan fingerprint density at radius 1 is 0.921 bits per heavy atom. The summed E-state index contributed by atoms with van der Waals surface area (Å²) in [6, 6.07) is 16.4. The smallest absolute Gasteiger partial charge is 0.459 e. The molecular formula is C48H68FN6O7P. The van der Waals surface area contributed by atoms with Crippen LogP contribution in [0.5, 0.6) is 5.75 Å². The third-order valence-electron chi connectivity index (χ3n) is 11.6. The molecule has 1 aliphatic rings. The molecule has 0 amide bonds. The van der Waals surface area contributed by atoms with Crippen molar-refractivity contribution in [3.63, 3.8) is 0 Å². The Hall–Kier alpha value is -4.38. The fourth-order valence-corrected chi connectivity index (χ4v) is 9.43. The SMILES string of the molecule is C#C[C@]1(CO[P@@](=O)(N[C@@H](Cc2ccccc2)C(=O)OCCCCCCCCCCCCCCCCCCCCC)Oc2ccccc2)O[C@@H](n2cnc3c(N)nc(F)nc32)C[C@@H]1O. The Morgan fingerprint density at radius 2 is 1.48 bits per heavy atom. The van der Waals surface area contributed by atoms with Crippen LogP contribution in [0.1, 0.15) is 147 Å². The highest BCUT2D eigenvalue weighted by molar-refractivity contribution is 7.52. The van der Waals surface area contributed by atoms with E-state index in [1.165, 1.54) is 107 Å². The molecule has 5 rings (SSSR count). The van der Waals surface area contributed by atoms with E-state index in [9.17, 15) is 18.9 Å². The van der Waals surface area contributed by atoms with E-state index in [0.29, 0.717) is 6.42 Å². The molecule has 0 saturated carbocycles. The van der Waals surface area contributed by atoms with Crippen LogP contribution in [0.4, 0.5) is 10.2 Å². The van der Waals surface area contributed by atoms with Crippen LogP contribution in [-0.4, -0.2) is 61.6 Å². The zero-order chi connectivity index (χ0) is 44.8. The second-order valence-electron chi connectivity index (χ2n) is 16.6. The van der Waals surface area contributed by atoms with Crippen LogP contribution in [0.25, 0.3) is 11.2 Å². The van der Waals surface area contributed by atoms with Gasteiger partial charge in [0, 0.05) is 6.42 Å². The fraction of sp³-hybridized carbons (Fsp3) is 0.583. The van der Waals surface area contributed by atoms with Crippen molar-refractivity contribution in [3.05, 3.63) is 78.6 Å². The van der Waals surface area contributed by atoms with Crippen LogP contribution in [0.15, 0.2) is 67.0 Å². The van der Waals surface area contributed by atoms with E-state index < -0.39 is 50.4 Å². The van der Waals surface area contributed by atoms with Crippen molar-refractivity contribution in [2.24, 2.45) is 0 Å². The van der Waals surface area contributed by atoms with Crippen molar-refractivity contribution in [1.82, 2.24) is 24.6 Å². The van der Waals surface area contributed by atoms with Crippen LogP contribution in [-0.2, 0) is 29.8 Å². The van der Waals surface area contributed by atoms with E-state index in [2.05, 4.69) is 32.9 Å². The normalized spacial score (nSPS) is 18.8. The largest absolute Gasteiger partial charge is 0.465 e. The number of anilines is 1. The molecule has 15 heteroatoms. The molecule has 0 aliphatic carbocycles. The molecule has 0 bridgehead atoms. The lowest BCUT2D eigenvalue weighted by molar-refractivity contribution is -0.146. The van der Waals surface area contributed by atoms with Gasteiger partial charge < -0.3 is 24.8 Å². The molecule has 2 aromatic carbocycles. The predicted octanol–water partition coefficient (Wildman–Crippen LogP) is 10.6. The molecule has 4 aromatic rings. The number of fused-ring (bicyclic) bond motifs is 1. The number of para-hydroxylation sites is 1. The topological polar surface area (TPSA) is 173 Å². The van der Waals surface area contributed by atoms with E-state index in [-0.39, 0.29) is 42.2 Å². The first-order valence-electron chi connectivity index (χ1n) is 23.1. The molecule has 13 nitrogen and oxygen atoms in total. The second-order valence-corrected chi connectivity index (χ2v) is 18.3. The van der Waals surface area contributed by atoms with E-state index in [1.54, 1.807) is 30.3 Å². The maximum absolute atomic E-state index is 14.8. The zero-order valence-electron chi connectivity index (χ0n) is 37.0. The molecule has 0 spiro atoms. The van der Waals surface area contributed by atoms with Crippen molar-refractivity contribution in [2.75, 3.05) is 18.9 Å². The number of aliphatic hydroxyl groups is 1. The van der Waals surface area contributed by atoms with Crippen molar-refractivity contribution >= 4 is 30.7 Å². The zero-order valence-corrected chi connectivity index (χ0v) is 37.9. The molecule has 2 aromatic heterocycles. The standard InChI is InChI=1S/C48H68FN6O7P/c1-3-5-6-7-8-9-10-11-12-13-14-15-16-17-18-19-20-21-28-33-59-46(57)40(34-38-29-24-22-25-30-38)54-63(58,62-39-31-26-23-27-32-39)60-36-48(4-2)41(56)35-42(61-48)55-37-51-43-44(50)52-47(49)53-45(43)55/h2,22-27,29-32,37,40-42,56H,3,5-21,28,33-36H2,1H3,(H,54,58)(H2,50,52,53)/t40-,41-,42+,48+,63-/m0/s1. The van der Waals surface area contributed by atoms with Gasteiger partial charge in [0.15, 0.2) is 22.6 Å². The lowest BCUT2D eigenvalue weighted by Crippen LogP contribution is -2.44. The minimum absolute atomic E-state index is 0.0353. The predicted molar refractivity (Wildman–Crippen MR) is 244 cm³/mol. The number of terminal acetylenes is 1. The van der Waals surface area contributed by atoms with Crippen LogP contribution >= 0.6 is 7.75 Å². The molecule has 344 valence electrons. The first-order chi connectivity index (χ1) is 30.6. The minimum Gasteiger partial charge on any atom is -0.465 e. The van der Waals surface area contributed by atoms with Crippen molar-refractivity contribution in [2.45, 2.75) is 166 Å². The number of esters is 1. The Morgan fingerprint density at radius 3 is 2.05 bits per heavy atom. The number of ether oxygens (including phenoxy) is 2. The van der Waals surface area contributed by atoms with Crippen LogP contribution in [0.2, 0.25) is 0 Å². The molecular weight excluding hydrogens is 823 g/mol. The molecule has 0 unspecified atom stereocenters. The summed E-state index contributed by atoms with van der Waals surface area (Å²) in [6.07, 6.45) is 28.0. The van der Waals surface area contributed by atoms with Gasteiger partial charge >= 0.3 is 19.8 Å². The molecule has 1 saturated heterocycles. The summed E-state index contributed by atoms with van der Waals surface area (Å²) in [7, 11) is -4.48. The van der Waals surface area contributed by atoms with E-state index in [1.807, 2.05) is 30.3 Å². The van der Waals surface area contributed by atoms with Gasteiger partial charge in [0.05, 0.1) is 12.9 Å². The van der Waals surface area contributed by atoms with Gasteiger partial charge in [-0.1, -0.05) is 177 Å². The van der Waals surface area contributed by atoms with Gasteiger partial charge in [-0.3, -0.25) is 13.9 Å².